The summed E-state index contributed by atoms with van der Waals surface area (Å²) in [5.74, 6) is -0.594. The standard InChI is InChI=1S/C15H19FN2O2.ClH/c16-12-3-1-11(2-4-12)14(19)5-6-15(20)18-13-7-9-17-10-8-13;/h1-4,13,17H,5-10H2,(H,18,20);1H. The number of halogens is 2. The zero-order valence-electron chi connectivity index (χ0n) is 11.7. The highest BCUT2D eigenvalue weighted by molar-refractivity contribution is 5.97. The number of ketones is 1. The molecule has 2 rings (SSSR count). The van der Waals surface area contributed by atoms with Crippen LogP contribution < -0.4 is 10.6 Å². The minimum Gasteiger partial charge on any atom is -0.353 e. The van der Waals surface area contributed by atoms with Crippen molar-refractivity contribution in [3.63, 3.8) is 0 Å². The predicted molar refractivity (Wildman–Crippen MR) is 81.2 cm³/mol. The van der Waals surface area contributed by atoms with Gasteiger partial charge in [0, 0.05) is 24.4 Å². The highest BCUT2D eigenvalue weighted by Crippen LogP contribution is 2.08. The van der Waals surface area contributed by atoms with Gasteiger partial charge in [-0.05, 0) is 50.2 Å². The third-order valence-electron chi connectivity index (χ3n) is 3.45. The molecule has 0 bridgehead atoms. The number of Topliss-reactive ketones (excluding diaryl/α,β-unsaturated/α-hetero) is 1. The van der Waals surface area contributed by atoms with Crippen LogP contribution in [0.1, 0.15) is 36.0 Å². The first-order valence-corrected chi connectivity index (χ1v) is 6.94. The second-order valence-corrected chi connectivity index (χ2v) is 5.02. The molecule has 1 aromatic carbocycles. The Balaban J connectivity index is 0.00000220. The van der Waals surface area contributed by atoms with E-state index < -0.39 is 0 Å². The van der Waals surface area contributed by atoms with Crippen LogP contribution in [-0.4, -0.2) is 30.8 Å². The van der Waals surface area contributed by atoms with Gasteiger partial charge in [0.05, 0.1) is 0 Å². The van der Waals surface area contributed by atoms with Crippen molar-refractivity contribution >= 4 is 24.1 Å². The molecule has 2 N–H and O–H groups in total. The lowest BCUT2D eigenvalue weighted by Crippen LogP contribution is -2.42. The molecule has 1 aromatic rings. The molecule has 0 atom stereocenters. The molecular formula is C15H20ClFN2O2. The van der Waals surface area contributed by atoms with Crippen molar-refractivity contribution in [2.75, 3.05) is 13.1 Å². The Labute approximate surface area is 129 Å². The zero-order valence-corrected chi connectivity index (χ0v) is 12.5. The van der Waals surface area contributed by atoms with Crippen LogP contribution in [0.15, 0.2) is 24.3 Å². The van der Waals surface area contributed by atoms with E-state index in [2.05, 4.69) is 10.6 Å². The Morgan fingerprint density at radius 2 is 1.76 bits per heavy atom. The van der Waals surface area contributed by atoms with Crippen molar-refractivity contribution in [3.8, 4) is 0 Å². The van der Waals surface area contributed by atoms with Gasteiger partial charge in [0.2, 0.25) is 5.91 Å². The van der Waals surface area contributed by atoms with Crippen LogP contribution in [0.25, 0.3) is 0 Å². The maximum absolute atomic E-state index is 12.7. The van der Waals surface area contributed by atoms with Gasteiger partial charge in [0.15, 0.2) is 5.78 Å². The highest BCUT2D eigenvalue weighted by Gasteiger charge is 2.16. The largest absolute Gasteiger partial charge is 0.353 e. The van der Waals surface area contributed by atoms with Crippen molar-refractivity contribution in [1.82, 2.24) is 10.6 Å². The van der Waals surface area contributed by atoms with Crippen LogP contribution >= 0.6 is 12.4 Å². The Hall–Kier alpha value is -1.46. The number of rotatable bonds is 5. The fourth-order valence-corrected chi connectivity index (χ4v) is 2.27. The summed E-state index contributed by atoms with van der Waals surface area (Å²) in [5, 5.41) is 6.17. The molecule has 21 heavy (non-hydrogen) atoms. The molecule has 0 saturated carbocycles. The molecule has 1 aliphatic rings. The molecule has 0 aliphatic carbocycles. The lowest BCUT2D eigenvalue weighted by Gasteiger charge is -2.23. The number of carbonyl (C=O) groups excluding carboxylic acids is 2. The minimum atomic E-state index is -0.370. The van der Waals surface area contributed by atoms with E-state index in [-0.39, 0.29) is 48.8 Å². The zero-order chi connectivity index (χ0) is 14.4. The first-order chi connectivity index (χ1) is 9.65. The predicted octanol–water partition coefficient (Wildman–Crippen LogP) is 2.08. The van der Waals surface area contributed by atoms with Gasteiger partial charge in [0.25, 0.3) is 0 Å². The Kier molecular flexibility index (Phi) is 7.32. The summed E-state index contributed by atoms with van der Waals surface area (Å²) in [7, 11) is 0. The van der Waals surface area contributed by atoms with E-state index in [4.69, 9.17) is 0 Å². The van der Waals surface area contributed by atoms with Gasteiger partial charge in [-0.3, -0.25) is 9.59 Å². The van der Waals surface area contributed by atoms with Crippen molar-refractivity contribution in [2.24, 2.45) is 0 Å². The second-order valence-electron chi connectivity index (χ2n) is 5.02. The molecule has 0 radical (unpaired) electrons. The molecule has 1 aliphatic heterocycles. The smallest absolute Gasteiger partial charge is 0.220 e. The third kappa shape index (κ3) is 5.81. The van der Waals surface area contributed by atoms with Gasteiger partial charge < -0.3 is 10.6 Å². The van der Waals surface area contributed by atoms with Crippen LogP contribution in [0.3, 0.4) is 0 Å². The van der Waals surface area contributed by atoms with Crippen LogP contribution in [0.5, 0.6) is 0 Å². The Morgan fingerprint density at radius 3 is 2.38 bits per heavy atom. The third-order valence-corrected chi connectivity index (χ3v) is 3.45. The van der Waals surface area contributed by atoms with Gasteiger partial charge >= 0.3 is 0 Å². The summed E-state index contributed by atoms with van der Waals surface area (Å²) in [5.41, 5.74) is 0.445. The average molecular weight is 315 g/mol. The average Bonchev–Trinajstić information content (AvgIpc) is 2.46. The van der Waals surface area contributed by atoms with Gasteiger partial charge in [-0.15, -0.1) is 12.4 Å². The number of amides is 1. The maximum atomic E-state index is 12.7. The number of hydrogen-bond acceptors (Lipinski definition) is 3. The van der Waals surface area contributed by atoms with E-state index in [1.165, 1.54) is 24.3 Å². The molecule has 0 unspecified atom stereocenters. The molecular weight excluding hydrogens is 295 g/mol. The topological polar surface area (TPSA) is 58.2 Å². The van der Waals surface area contributed by atoms with E-state index >= 15 is 0 Å². The minimum absolute atomic E-state index is 0. The summed E-state index contributed by atoms with van der Waals surface area (Å²) >= 11 is 0. The van der Waals surface area contributed by atoms with Crippen LogP contribution in [-0.2, 0) is 4.79 Å². The van der Waals surface area contributed by atoms with Crippen LogP contribution in [0.2, 0.25) is 0 Å². The number of piperidine rings is 1. The van der Waals surface area contributed by atoms with Crippen molar-refractivity contribution in [3.05, 3.63) is 35.6 Å². The summed E-state index contributed by atoms with van der Waals surface area (Å²) < 4.78 is 12.7. The van der Waals surface area contributed by atoms with E-state index in [1.807, 2.05) is 0 Å². The lowest BCUT2D eigenvalue weighted by molar-refractivity contribution is -0.121. The van der Waals surface area contributed by atoms with E-state index in [0.29, 0.717) is 5.56 Å². The molecule has 4 nitrogen and oxygen atoms in total. The summed E-state index contributed by atoms with van der Waals surface area (Å²) in [6, 6.07) is 5.61. The van der Waals surface area contributed by atoms with E-state index in [0.717, 1.165) is 25.9 Å². The van der Waals surface area contributed by atoms with E-state index in [9.17, 15) is 14.0 Å². The molecule has 1 amide bonds. The molecule has 116 valence electrons. The number of hydrogen-bond donors (Lipinski definition) is 2. The molecule has 1 heterocycles. The Morgan fingerprint density at radius 1 is 1.14 bits per heavy atom. The fraction of sp³-hybridized carbons (Fsp3) is 0.467. The fourth-order valence-electron chi connectivity index (χ4n) is 2.27. The summed E-state index contributed by atoms with van der Waals surface area (Å²) in [6.45, 7) is 1.83. The maximum Gasteiger partial charge on any atom is 0.220 e. The summed E-state index contributed by atoms with van der Waals surface area (Å²) in [4.78, 5) is 23.6. The number of carbonyl (C=O) groups is 2. The molecule has 6 heteroatoms. The highest BCUT2D eigenvalue weighted by atomic mass is 35.5. The molecule has 1 saturated heterocycles. The van der Waals surface area contributed by atoms with Gasteiger partial charge in [-0.1, -0.05) is 0 Å². The van der Waals surface area contributed by atoms with Gasteiger partial charge in [-0.2, -0.15) is 0 Å². The first kappa shape index (κ1) is 17.6. The number of benzene rings is 1. The number of nitrogens with one attached hydrogen (secondary N) is 2. The van der Waals surface area contributed by atoms with Gasteiger partial charge in [-0.25, -0.2) is 4.39 Å². The normalized spacial score (nSPS) is 15.1. The quantitative estimate of drug-likeness (QED) is 0.818. The SMILES string of the molecule is Cl.O=C(CCC(=O)c1ccc(F)cc1)NC1CCNCC1. The van der Waals surface area contributed by atoms with Crippen molar-refractivity contribution in [1.29, 1.82) is 0 Å². The monoisotopic (exact) mass is 314 g/mol. The van der Waals surface area contributed by atoms with Crippen LogP contribution in [0, 0.1) is 5.82 Å². The van der Waals surface area contributed by atoms with Crippen molar-refractivity contribution in [2.45, 2.75) is 31.7 Å². The Bertz CT molecular complexity index is 473. The summed E-state index contributed by atoms with van der Waals surface area (Å²) in [6.07, 6.45) is 2.19. The van der Waals surface area contributed by atoms with E-state index in [1.54, 1.807) is 0 Å². The molecule has 0 aromatic heterocycles. The van der Waals surface area contributed by atoms with Gasteiger partial charge in [0.1, 0.15) is 5.82 Å². The first-order valence-electron chi connectivity index (χ1n) is 6.94. The molecule has 0 spiro atoms. The molecule has 1 fully saturated rings. The van der Waals surface area contributed by atoms with Crippen molar-refractivity contribution < 1.29 is 14.0 Å². The second kappa shape index (κ2) is 8.74. The van der Waals surface area contributed by atoms with Crippen LogP contribution in [0.4, 0.5) is 4.39 Å². The lowest BCUT2D eigenvalue weighted by atomic mass is 10.0.